The summed E-state index contributed by atoms with van der Waals surface area (Å²) < 4.78 is 10.5. The minimum atomic E-state index is -0.140. The number of carbonyl (C=O) groups excluding carboxylic acids is 1. The monoisotopic (exact) mass is 206 g/mol. The van der Waals surface area contributed by atoms with E-state index in [0.29, 0.717) is 6.61 Å². The third kappa shape index (κ3) is 2.49. The zero-order valence-electron chi connectivity index (χ0n) is 8.68. The molecule has 0 unspecified atom stereocenters. The second-order valence-corrected chi connectivity index (χ2v) is 3.56. The Kier molecular flexibility index (Phi) is 2.90. The van der Waals surface area contributed by atoms with Gasteiger partial charge >= 0.3 is 5.97 Å². The average Bonchev–Trinajstić information content (AvgIpc) is 2.99. The van der Waals surface area contributed by atoms with Gasteiger partial charge in [-0.1, -0.05) is 18.2 Å². The summed E-state index contributed by atoms with van der Waals surface area (Å²) in [7, 11) is 0. The Bertz CT molecular complexity index is 334. The lowest BCUT2D eigenvalue weighted by Crippen LogP contribution is -2.11. The zero-order valence-corrected chi connectivity index (χ0v) is 8.68. The molecule has 15 heavy (non-hydrogen) atoms. The molecule has 0 heterocycles. The Morgan fingerprint density at radius 1 is 1.40 bits per heavy atom. The number of rotatable bonds is 4. The van der Waals surface area contributed by atoms with Gasteiger partial charge in [-0.25, -0.2) is 0 Å². The predicted molar refractivity (Wildman–Crippen MR) is 55.6 cm³/mol. The lowest BCUT2D eigenvalue weighted by molar-refractivity contribution is -0.145. The van der Waals surface area contributed by atoms with Crippen LogP contribution in [0.1, 0.15) is 13.3 Å². The number of hydrogen-bond donors (Lipinski definition) is 0. The van der Waals surface area contributed by atoms with Crippen LogP contribution in [0.4, 0.5) is 0 Å². The van der Waals surface area contributed by atoms with Crippen LogP contribution in [0, 0.1) is 5.92 Å². The normalized spacial score (nSPS) is 23.3. The first kappa shape index (κ1) is 10.0. The summed E-state index contributed by atoms with van der Waals surface area (Å²) in [6, 6.07) is 9.54. The highest BCUT2D eigenvalue weighted by Crippen LogP contribution is 2.35. The van der Waals surface area contributed by atoms with Gasteiger partial charge in [-0.15, -0.1) is 0 Å². The smallest absolute Gasteiger partial charge is 0.312 e. The van der Waals surface area contributed by atoms with Crippen molar-refractivity contribution in [2.75, 3.05) is 6.61 Å². The largest absolute Gasteiger partial charge is 0.490 e. The molecule has 0 radical (unpaired) electrons. The Labute approximate surface area is 89.0 Å². The molecule has 1 aliphatic carbocycles. The quantitative estimate of drug-likeness (QED) is 0.707. The van der Waals surface area contributed by atoms with Gasteiger partial charge in [-0.3, -0.25) is 4.79 Å². The molecule has 1 aliphatic rings. The second-order valence-electron chi connectivity index (χ2n) is 3.56. The van der Waals surface area contributed by atoms with Crippen molar-refractivity contribution in [1.82, 2.24) is 0 Å². The van der Waals surface area contributed by atoms with Crippen LogP contribution in [0.3, 0.4) is 0 Å². The van der Waals surface area contributed by atoms with Gasteiger partial charge in [0.1, 0.15) is 11.9 Å². The standard InChI is InChI=1S/C12H14O3/c1-2-14-12(13)10-8-11(10)15-9-6-4-3-5-7-9/h3-7,10-11H,2,8H2,1H3/t10-,11+/m0/s1. The van der Waals surface area contributed by atoms with Crippen molar-refractivity contribution in [3.8, 4) is 5.75 Å². The molecule has 0 bridgehead atoms. The van der Waals surface area contributed by atoms with Crippen LogP contribution < -0.4 is 4.74 Å². The Hall–Kier alpha value is -1.51. The van der Waals surface area contributed by atoms with E-state index in [4.69, 9.17) is 9.47 Å². The van der Waals surface area contributed by atoms with Crippen LogP contribution in [-0.4, -0.2) is 18.7 Å². The van der Waals surface area contributed by atoms with Crippen molar-refractivity contribution in [1.29, 1.82) is 0 Å². The first-order valence-corrected chi connectivity index (χ1v) is 5.19. The van der Waals surface area contributed by atoms with Crippen LogP contribution in [-0.2, 0) is 9.53 Å². The van der Waals surface area contributed by atoms with Crippen LogP contribution in [0.2, 0.25) is 0 Å². The topological polar surface area (TPSA) is 35.5 Å². The molecular weight excluding hydrogens is 192 g/mol. The molecule has 2 rings (SSSR count). The number of hydrogen-bond acceptors (Lipinski definition) is 3. The van der Waals surface area contributed by atoms with Crippen molar-refractivity contribution in [2.24, 2.45) is 5.92 Å². The minimum Gasteiger partial charge on any atom is -0.490 e. The van der Waals surface area contributed by atoms with Crippen LogP contribution in [0.25, 0.3) is 0 Å². The summed E-state index contributed by atoms with van der Waals surface area (Å²) in [6.45, 7) is 2.25. The fourth-order valence-electron chi connectivity index (χ4n) is 1.47. The molecule has 1 aromatic rings. The van der Waals surface area contributed by atoms with E-state index >= 15 is 0 Å². The third-order valence-corrected chi connectivity index (χ3v) is 2.35. The van der Waals surface area contributed by atoms with Gasteiger partial charge in [0.05, 0.1) is 12.5 Å². The number of ether oxygens (including phenoxy) is 2. The number of esters is 1. The fourth-order valence-corrected chi connectivity index (χ4v) is 1.47. The fraction of sp³-hybridized carbons (Fsp3) is 0.417. The van der Waals surface area contributed by atoms with Crippen molar-refractivity contribution in [3.05, 3.63) is 30.3 Å². The Balaban J connectivity index is 1.83. The first-order chi connectivity index (χ1) is 7.31. The summed E-state index contributed by atoms with van der Waals surface area (Å²) in [5, 5.41) is 0. The lowest BCUT2D eigenvalue weighted by atomic mass is 10.3. The van der Waals surface area contributed by atoms with E-state index in [1.54, 1.807) is 0 Å². The summed E-state index contributed by atoms with van der Waals surface area (Å²) in [6.07, 6.45) is 0.778. The molecule has 1 aromatic carbocycles. The summed E-state index contributed by atoms with van der Waals surface area (Å²) >= 11 is 0. The van der Waals surface area contributed by atoms with Crippen molar-refractivity contribution in [2.45, 2.75) is 19.4 Å². The maximum Gasteiger partial charge on any atom is 0.312 e. The molecule has 1 saturated carbocycles. The highest BCUT2D eigenvalue weighted by Gasteiger charge is 2.46. The highest BCUT2D eigenvalue weighted by atomic mass is 16.5. The molecule has 3 heteroatoms. The molecule has 0 N–H and O–H groups in total. The van der Waals surface area contributed by atoms with Crippen molar-refractivity contribution in [3.63, 3.8) is 0 Å². The van der Waals surface area contributed by atoms with Gasteiger partial charge in [0.25, 0.3) is 0 Å². The summed E-state index contributed by atoms with van der Waals surface area (Å²) in [5.41, 5.74) is 0. The van der Waals surface area contributed by atoms with Crippen molar-refractivity contribution >= 4 is 5.97 Å². The van der Waals surface area contributed by atoms with Gasteiger partial charge in [0, 0.05) is 6.42 Å². The average molecular weight is 206 g/mol. The Morgan fingerprint density at radius 3 is 2.80 bits per heavy atom. The van der Waals surface area contributed by atoms with E-state index in [-0.39, 0.29) is 18.0 Å². The SMILES string of the molecule is CCOC(=O)[C@H]1C[C@H]1Oc1ccccc1. The van der Waals surface area contributed by atoms with Gasteiger partial charge in [0.2, 0.25) is 0 Å². The molecule has 0 amide bonds. The molecule has 0 spiro atoms. The Morgan fingerprint density at radius 2 is 2.13 bits per heavy atom. The predicted octanol–water partition coefficient (Wildman–Crippen LogP) is 2.02. The third-order valence-electron chi connectivity index (χ3n) is 2.35. The van der Waals surface area contributed by atoms with Gasteiger partial charge < -0.3 is 9.47 Å². The summed E-state index contributed by atoms with van der Waals surface area (Å²) in [5.74, 6) is 0.609. The van der Waals surface area contributed by atoms with Crippen LogP contribution >= 0.6 is 0 Å². The molecule has 0 saturated heterocycles. The van der Waals surface area contributed by atoms with E-state index in [2.05, 4.69) is 0 Å². The molecule has 0 aromatic heterocycles. The number of carbonyl (C=O) groups is 1. The van der Waals surface area contributed by atoms with Crippen LogP contribution in [0.5, 0.6) is 5.75 Å². The molecule has 3 nitrogen and oxygen atoms in total. The van der Waals surface area contributed by atoms with Gasteiger partial charge in [-0.05, 0) is 19.1 Å². The maximum absolute atomic E-state index is 11.3. The van der Waals surface area contributed by atoms with Gasteiger partial charge in [-0.2, -0.15) is 0 Å². The van der Waals surface area contributed by atoms with Crippen molar-refractivity contribution < 1.29 is 14.3 Å². The maximum atomic E-state index is 11.3. The van der Waals surface area contributed by atoms with E-state index < -0.39 is 0 Å². The lowest BCUT2D eigenvalue weighted by Gasteiger charge is -2.04. The molecule has 1 fully saturated rings. The van der Waals surface area contributed by atoms with E-state index in [0.717, 1.165) is 12.2 Å². The minimum absolute atomic E-state index is 0.00597. The van der Waals surface area contributed by atoms with Crippen LogP contribution in [0.15, 0.2) is 30.3 Å². The highest BCUT2D eigenvalue weighted by molar-refractivity contribution is 5.76. The molecule has 80 valence electrons. The summed E-state index contributed by atoms with van der Waals surface area (Å²) in [4.78, 5) is 11.3. The first-order valence-electron chi connectivity index (χ1n) is 5.19. The molecular formula is C12H14O3. The number of benzene rings is 1. The van der Waals surface area contributed by atoms with E-state index in [1.807, 2.05) is 37.3 Å². The second kappa shape index (κ2) is 4.34. The molecule has 2 atom stereocenters. The molecule has 0 aliphatic heterocycles. The zero-order chi connectivity index (χ0) is 10.7. The number of para-hydroxylation sites is 1. The van der Waals surface area contributed by atoms with E-state index in [1.165, 1.54) is 0 Å². The van der Waals surface area contributed by atoms with Gasteiger partial charge in [0.15, 0.2) is 0 Å². The van der Waals surface area contributed by atoms with E-state index in [9.17, 15) is 4.79 Å².